The van der Waals surface area contributed by atoms with E-state index < -0.39 is 0 Å². The Morgan fingerprint density at radius 2 is 1.00 bits per heavy atom. The Balaban J connectivity index is 0. The molecule has 0 saturated heterocycles. The maximum absolute atomic E-state index is 0. The summed E-state index contributed by atoms with van der Waals surface area (Å²) in [5, 5.41) is 0. The summed E-state index contributed by atoms with van der Waals surface area (Å²) in [6.45, 7) is 0. The van der Waals surface area contributed by atoms with Gasteiger partial charge in [-0.15, -0.1) is 0 Å². The van der Waals surface area contributed by atoms with Gasteiger partial charge in [0.15, 0.2) is 0 Å². The zero-order valence-electron chi connectivity index (χ0n) is 1.82. The molecule has 0 amide bonds. The first kappa shape index (κ1) is 33.8. The van der Waals surface area contributed by atoms with Crippen LogP contribution in [0.3, 0.4) is 0 Å². The molecule has 0 aromatic heterocycles. The minimum absolute atomic E-state index is 0. The van der Waals surface area contributed by atoms with Crippen LogP contribution in [0, 0.1) is 0 Å². The molecule has 0 spiro atoms. The second-order valence-corrected chi connectivity index (χ2v) is 0. The molecule has 0 unspecified atom stereocenters. The fraction of sp³-hybridized carbons (Fsp3) is 0. The van der Waals surface area contributed by atoms with Crippen molar-refractivity contribution in [2.24, 2.45) is 0 Å². The van der Waals surface area contributed by atoms with E-state index in [9.17, 15) is 0 Å². The first-order valence-electron chi connectivity index (χ1n) is 0. The molecule has 4 heteroatoms. The van der Waals surface area contributed by atoms with E-state index in [1.165, 1.54) is 0 Å². The average molecular weight is 220 g/mol. The molecule has 0 fully saturated rings. The van der Waals surface area contributed by atoms with Crippen LogP contribution in [0.5, 0.6) is 0 Å². The summed E-state index contributed by atoms with van der Waals surface area (Å²) < 4.78 is 0. The predicted molar refractivity (Wildman–Crippen MR) is 9.23 cm³/mol. The van der Waals surface area contributed by atoms with Crippen LogP contribution in [-0.2, 0) is 52.3 Å². The van der Waals surface area contributed by atoms with Crippen LogP contribution in [0.25, 0.3) is 0 Å². The summed E-state index contributed by atoms with van der Waals surface area (Å²) in [7, 11) is 0. The van der Waals surface area contributed by atoms with E-state index in [4.69, 9.17) is 0 Å². The number of rotatable bonds is 0. The van der Waals surface area contributed by atoms with Crippen LogP contribution in [-0.4, -0.2) is 23.1 Å². The first-order chi connectivity index (χ1) is 0. The topological polar surface area (TPSA) is 28.5 Å². The Morgan fingerprint density at radius 3 is 1.00 bits per heavy atom. The molecule has 1 nitrogen and oxygen atoms in total. The van der Waals surface area contributed by atoms with Gasteiger partial charge in [0, 0.05) is 19.5 Å². The molecule has 4 heavy (non-hydrogen) atoms. The minimum Gasteiger partial charge on any atom is -2.00 e. The van der Waals surface area contributed by atoms with Crippen molar-refractivity contribution in [1.82, 2.24) is 0 Å². The smallest absolute Gasteiger partial charge is 2.00 e. The molecule has 0 saturated carbocycles. The molecule has 14 valence electrons. The van der Waals surface area contributed by atoms with E-state index in [1.54, 1.807) is 0 Å². The van der Waals surface area contributed by atoms with Gasteiger partial charge in [0.25, 0.3) is 0 Å². The summed E-state index contributed by atoms with van der Waals surface area (Å²) >= 11 is 0. The molecule has 0 aliphatic heterocycles. The van der Waals surface area contributed by atoms with E-state index in [0.29, 0.717) is 0 Å². The zero-order chi connectivity index (χ0) is 0. The van der Waals surface area contributed by atoms with Crippen LogP contribution in [0.2, 0.25) is 0 Å². The van der Waals surface area contributed by atoms with E-state index >= 15 is 0 Å². The van der Waals surface area contributed by atoms with Gasteiger partial charge in [0.2, 0.25) is 0 Å². The standard InChI is InChI=1S/Cd.Mg.O.Zn.2H/q+2;;-2;;;. The van der Waals surface area contributed by atoms with Crippen LogP contribution in [0.4, 0.5) is 0 Å². The van der Waals surface area contributed by atoms with Gasteiger partial charge in [0.05, 0.1) is 0 Å². The van der Waals surface area contributed by atoms with Gasteiger partial charge < -0.3 is 5.48 Å². The molecule has 0 aromatic rings. The molecule has 0 atom stereocenters. The molecule has 0 heterocycles. The van der Waals surface area contributed by atoms with E-state index in [1.807, 2.05) is 0 Å². The van der Waals surface area contributed by atoms with Crippen LogP contribution in [0.15, 0.2) is 0 Å². The molecule has 0 radical (unpaired) electrons. The fourth-order valence-corrected chi connectivity index (χ4v) is 0. The normalized spacial score (nSPS) is 0. The van der Waals surface area contributed by atoms with Crippen molar-refractivity contribution < 1.29 is 52.3 Å². The minimum atomic E-state index is 0. The van der Waals surface area contributed by atoms with Gasteiger partial charge in [0.1, 0.15) is 0 Å². The summed E-state index contributed by atoms with van der Waals surface area (Å²) in [4.78, 5) is 0. The maximum Gasteiger partial charge on any atom is 2.00 e. The molecule has 0 N–H and O–H groups in total. The molecular weight excluding hydrogens is 218 g/mol. The summed E-state index contributed by atoms with van der Waals surface area (Å²) in [5.74, 6) is 0. The van der Waals surface area contributed by atoms with Crippen LogP contribution in [0.1, 0.15) is 0 Å². The van der Waals surface area contributed by atoms with Crippen molar-refractivity contribution in [3.63, 3.8) is 0 Å². The number of hydrogen-bond donors (Lipinski definition) is 0. The third kappa shape index (κ3) is 8.86. The van der Waals surface area contributed by atoms with Crippen molar-refractivity contribution in [2.75, 3.05) is 0 Å². The first-order valence-corrected chi connectivity index (χ1v) is 0. The van der Waals surface area contributed by atoms with Crippen molar-refractivity contribution in [2.45, 2.75) is 0 Å². The second kappa shape index (κ2) is 18.6. The molecule has 0 aliphatic rings. The SMILES string of the molecule is [Cd+2].[MgH2].[O-2].[Zn]. The van der Waals surface area contributed by atoms with Gasteiger partial charge in [-0.2, -0.15) is 0 Å². The molecular formula is H2CdMgOZn. The predicted octanol–water partition coefficient (Wildman–Crippen LogP) is -1.04. The average Bonchev–Trinajstić information content (AvgIpc) is 0. The summed E-state index contributed by atoms with van der Waals surface area (Å²) in [6, 6.07) is 0. The Hall–Kier alpha value is 2.27. The van der Waals surface area contributed by atoms with Gasteiger partial charge in [-0.25, -0.2) is 0 Å². The van der Waals surface area contributed by atoms with Gasteiger partial charge >= 0.3 is 50.4 Å². The van der Waals surface area contributed by atoms with Crippen molar-refractivity contribution in [3.8, 4) is 0 Å². The Labute approximate surface area is 74.3 Å². The zero-order valence-corrected chi connectivity index (χ0v) is 8.83. The quantitative estimate of drug-likeness (QED) is 0.467. The van der Waals surface area contributed by atoms with Gasteiger partial charge in [-0.05, 0) is 0 Å². The summed E-state index contributed by atoms with van der Waals surface area (Å²) in [5.41, 5.74) is 0. The molecule has 0 bridgehead atoms. The Bertz CT molecular complexity index is 8.00. The van der Waals surface area contributed by atoms with E-state index in [2.05, 4.69) is 0 Å². The van der Waals surface area contributed by atoms with E-state index in [0.717, 1.165) is 0 Å². The Kier molecular flexibility index (Phi) is 157. The third-order valence-corrected chi connectivity index (χ3v) is 0. The van der Waals surface area contributed by atoms with Gasteiger partial charge in [-0.1, -0.05) is 0 Å². The second-order valence-electron chi connectivity index (χ2n) is 0. The van der Waals surface area contributed by atoms with Gasteiger partial charge in [-0.3, -0.25) is 0 Å². The molecule has 0 aliphatic carbocycles. The maximum atomic E-state index is 0. The van der Waals surface area contributed by atoms with Crippen LogP contribution < -0.4 is 0 Å². The fourth-order valence-electron chi connectivity index (χ4n) is 0. The van der Waals surface area contributed by atoms with Crippen molar-refractivity contribution >= 4 is 23.1 Å². The van der Waals surface area contributed by atoms with Crippen molar-refractivity contribution in [1.29, 1.82) is 0 Å². The monoisotopic (exact) mass is 220 g/mol. The van der Waals surface area contributed by atoms with Crippen molar-refractivity contribution in [3.05, 3.63) is 0 Å². The largest absolute Gasteiger partial charge is 2.00 e. The number of hydrogen-bond acceptors (Lipinski definition) is 0. The Morgan fingerprint density at radius 1 is 1.00 bits per heavy atom. The van der Waals surface area contributed by atoms with E-state index in [-0.39, 0.29) is 75.3 Å². The third-order valence-electron chi connectivity index (χ3n) is 0. The van der Waals surface area contributed by atoms with Crippen LogP contribution >= 0.6 is 0 Å². The summed E-state index contributed by atoms with van der Waals surface area (Å²) in [6.07, 6.45) is 0. The molecule has 0 aromatic carbocycles. The molecule has 0 rings (SSSR count).